The third kappa shape index (κ3) is 2.73. The van der Waals surface area contributed by atoms with Gasteiger partial charge in [-0.05, 0) is 42.8 Å². The van der Waals surface area contributed by atoms with E-state index in [2.05, 4.69) is 4.98 Å². The second kappa shape index (κ2) is 4.36. The van der Waals surface area contributed by atoms with E-state index in [1.54, 1.807) is 23.9 Å². The van der Waals surface area contributed by atoms with E-state index in [9.17, 15) is 0 Å². The molecule has 0 unspecified atom stereocenters. The molecule has 0 bridgehead atoms. The van der Waals surface area contributed by atoms with Gasteiger partial charge in [-0.1, -0.05) is 17.8 Å². The van der Waals surface area contributed by atoms with Gasteiger partial charge in [0.25, 0.3) is 0 Å². The zero-order valence-electron chi connectivity index (χ0n) is 8.34. The summed E-state index contributed by atoms with van der Waals surface area (Å²) in [5.74, 6) is 0.288. The minimum absolute atomic E-state index is 0.288. The summed E-state index contributed by atoms with van der Waals surface area (Å²) >= 11 is 1.58. The van der Waals surface area contributed by atoms with Crippen molar-refractivity contribution in [3.63, 3.8) is 0 Å². The summed E-state index contributed by atoms with van der Waals surface area (Å²) in [7, 11) is 0. The number of pyridine rings is 1. The van der Waals surface area contributed by atoms with Crippen LogP contribution >= 0.6 is 11.8 Å². The Morgan fingerprint density at radius 2 is 1.80 bits per heavy atom. The minimum Gasteiger partial charge on any atom is -0.508 e. The van der Waals surface area contributed by atoms with Crippen LogP contribution in [0.3, 0.4) is 0 Å². The molecule has 2 rings (SSSR count). The molecule has 3 heteroatoms. The lowest BCUT2D eigenvalue weighted by atomic mass is 10.3. The maximum atomic E-state index is 9.13. The monoisotopic (exact) mass is 217 g/mol. The molecule has 0 spiro atoms. The van der Waals surface area contributed by atoms with Gasteiger partial charge in [-0.15, -0.1) is 0 Å². The highest BCUT2D eigenvalue weighted by Gasteiger charge is 1.98. The Morgan fingerprint density at radius 3 is 2.40 bits per heavy atom. The van der Waals surface area contributed by atoms with E-state index in [0.717, 1.165) is 15.5 Å². The van der Waals surface area contributed by atoms with E-state index in [1.807, 2.05) is 37.4 Å². The predicted molar refractivity (Wildman–Crippen MR) is 61.2 cm³/mol. The Morgan fingerprint density at radius 1 is 1.07 bits per heavy atom. The van der Waals surface area contributed by atoms with E-state index in [1.165, 1.54) is 0 Å². The first kappa shape index (κ1) is 10.1. The van der Waals surface area contributed by atoms with Gasteiger partial charge >= 0.3 is 0 Å². The largest absolute Gasteiger partial charge is 0.508 e. The molecule has 0 aliphatic carbocycles. The van der Waals surface area contributed by atoms with Gasteiger partial charge in [0, 0.05) is 11.1 Å². The van der Waals surface area contributed by atoms with Crippen molar-refractivity contribution in [3.05, 3.63) is 48.2 Å². The van der Waals surface area contributed by atoms with Crippen LogP contribution in [0.15, 0.2) is 52.5 Å². The van der Waals surface area contributed by atoms with E-state index < -0.39 is 0 Å². The number of hydrogen-bond acceptors (Lipinski definition) is 3. The van der Waals surface area contributed by atoms with Crippen molar-refractivity contribution in [1.82, 2.24) is 4.98 Å². The third-order valence-corrected chi connectivity index (χ3v) is 2.90. The summed E-state index contributed by atoms with van der Waals surface area (Å²) in [5.41, 5.74) is 1.16. The SMILES string of the molecule is Cc1ccc(Sc2ccc(O)cc2)nc1. The highest BCUT2D eigenvalue weighted by molar-refractivity contribution is 7.99. The zero-order chi connectivity index (χ0) is 10.7. The lowest BCUT2D eigenvalue weighted by Gasteiger charge is -2.01. The Bertz CT molecular complexity index is 393. The van der Waals surface area contributed by atoms with Crippen LogP contribution in [0, 0.1) is 6.92 Å². The maximum Gasteiger partial charge on any atom is 0.115 e. The first-order valence-corrected chi connectivity index (χ1v) is 5.45. The molecule has 1 aromatic heterocycles. The van der Waals surface area contributed by atoms with Gasteiger partial charge in [0.15, 0.2) is 0 Å². The lowest BCUT2D eigenvalue weighted by molar-refractivity contribution is 0.475. The zero-order valence-corrected chi connectivity index (χ0v) is 9.16. The molecule has 1 heterocycles. The Balaban J connectivity index is 2.15. The standard InChI is InChI=1S/C12H11NOS/c1-9-2-7-12(13-8-9)15-11-5-3-10(14)4-6-11/h2-8,14H,1H3. The summed E-state index contributed by atoms with van der Waals surface area (Å²) in [4.78, 5) is 5.37. The van der Waals surface area contributed by atoms with Gasteiger partial charge in [0.05, 0.1) is 0 Å². The number of nitrogens with zero attached hydrogens (tertiary/aromatic N) is 1. The van der Waals surface area contributed by atoms with Gasteiger partial charge in [0.1, 0.15) is 10.8 Å². The van der Waals surface area contributed by atoms with Gasteiger partial charge in [0.2, 0.25) is 0 Å². The van der Waals surface area contributed by atoms with Crippen LogP contribution in [0.2, 0.25) is 0 Å². The fraction of sp³-hybridized carbons (Fsp3) is 0.0833. The fourth-order valence-electron chi connectivity index (χ4n) is 1.15. The van der Waals surface area contributed by atoms with Crippen LogP contribution in [-0.2, 0) is 0 Å². The van der Waals surface area contributed by atoms with Gasteiger partial charge in [-0.3, -0.25) is 0 Å². The molecule has 0 radical (unpaired) electrons. The first-order valence-electron chi connectivity index (χ1n) is 4.63. The van der Waals surface area contributed by atoms with Crippen LogP contribution in [0.1, 0.15) is 5.56 Å². The molecular weight excluding hydrogens is 206 g/mol. The Labute approximate surface area is 93.0 Å². The number of rotatable bonds is 2. The Hall–Kier alpha value is -1.48. The van der Waals surface area contributed by atoms with E-state index in [0.29, 0.717) is 0 Å². The highest BCUT2D eigenvalue weighted by atomic mass is 32.2. The van der Waals surface area contributed by atoms with Crippen molar-refractivity contribution < 1.29 is 5.11 Å². The van der Waals surface area contributed by atoms with Crippen LogP contribution in [0.5, 0.6) is 5.75 Å². The summed E-state index contributed by atoms with van der Waals surface area (Å²) < 4.78 is 0. The number of aromatic hydroxyl groups is 1. The number of hydrogen-bond donors (Lipinski definition) is 1. The molecule has 1 aromatic carbocycles. The van der Waals surface area contributed by atoms with Crippen LogP contribution in [0.25, 0.3) is 0 Å². The van der Waals surface area contributed by atoms with Gasteiger partial charge < -0.3 is 5.11 Å². The molecular formula is C12H11NOS. The van der Waals surface area contributed by atoms with Crippen molar-refractivity contribution in [3.8, 4) is 5.75 Å². The van der Waals surface area contributed by atoms with Crippen LogP contribution in [0.4, 0.5) is 0 Å². The van der Waals surface area contributed by atoms with Crippen LogP contribution in [-0.4, -0.2) is 10.1 Å². The molecule has 76 valence electrons. The first-order chi connectivity index (χ1) is 7.24. The Kier molecular flexibility index (Phi) is 2.92. The summed E-state index contributed by atoms with van der Waals surface area (Å²) in [6, 6.07) is 11.1. The molecule has 0 fully saturated rings. The van der Waals surface area contributed by atoms with Crippen LogP contribution < -0.4 is 0 Å². The quantitative estimate of drug-likeness (QED) is 0.838. The number of aryl methyl sites for hydroxylation is 1. The smallest absolute Gasteiger partial charge is 0.115 e. The van der Waals surface area contributed by atoms with Gasteiger partial charge in [-0.2, -0.15) is 0 Å². The third-order valence-electron chi connectivity index (χ3n) is 1.94. The van der Waals surface area contributed by atoms with E-state index >= 15 is 0 Å². The molecule has 0 atom stereocenters. The number of aromatic nitrogens is 1. The maximum absolute atomic E-state index is 9.13. The van der Waals surface area contributed by atoms with Gasteiger partial charge in [-0.25, -0.2) is 4.98 Å². The topological polar surface area (TPSA) is 33.1 Å². The summed E-state index contributed by atoms with van der Waals surface area (Å²) in [5, 5.41) is 10.1. The second-order valence-corrected chi connectivity index (χ2v) is 4.36. The molecule has 2 aromatic rings. The average molecular weight is 217 g/mol. The normalized spacial score (nSPS) is 10.2. The molecule has 15 heavy (non-hydrogen) atoms. The van der Waals surface area contributed by atoms with E-state index in [4.69, 9.17) is 5.11 Å². The number of benzene rings is 1. The molecule has 0 aliphatic rings. The van der Waals surface area contributed by atoms with Crippen molar-refractivity contribution in [2.24, 2.45) is 0 Å². The molecule has 2 nitrogen and oxygen atoms in total. The van der Waals surface area contributed by atoms with Crippen molar-refractivity contribution >= 4 is 11.8 Å². The predicted octanol–water partition coefficient (Wildman–Crippen LogP) is 3.25. The minimum atomic E-state index is 0.288. The fourth-order valence-corrected chi connectivity index (χ4v) is 1.90. The van der Waals surface area contributed by atoms with Crippen molar-refractivity contribution in [2.45, 2.75) is 16.8 Å². The molecule has 0 saturated carbocycles. The summed E-state index contributed by atoms with van der Waals surface area (Å²) in [6.07, 6.45) is 1.85. The molecule has 0 saturated heterocycles. The average Bonchev–Trinajstić information content (AvgIpc) is 2.25. The number of phenols is 1. The molecule has 1 N–H and O–H groups in total. The molecule has 0 aliphatic heterocycles. The second-order valence-electron chi connectivity index (χ2n) is 3.27. The summed E-state index contributed by atoms with van der Waals surface area (Å²) in [6.45, 7) is 2.02. The molecule has 0 amide bonds. The van der Waals surface area contributed by atoms with Crippen molar-refractivity contribution in [2.75, 3.05) is 0 Å². The number of phenolic OH excluding ortho intramolecular Hbond substituents is 1. The highest BCUT2D eigenvalue weighted by Crippen LogP contribution is 2.26. The van der Waals surface area contributed by atoms with Crippen molar-refractivity contribution in [1.29, 1.82) is 0 Å². The lowest BCUT2D eigenvalue weighted by Crippen LogP contribution is -1.80. The van der Waals surface area contributed by atoms with E-state index in [-0.39, 0.29) is 5.75 Å².